The van der Waals surface area contributed by atoms with Crippen LogP contribution < -0.4 is 5.73 Å². The van der Waals surface area contributed by atoms with Crippen LogP contribution in [0, 0.1) is 5.82 Å². The maximum absolute atomic E-state index is 13.6. The van der Waals surface area contributed by atoms with E-state index in [2.05, 4.69) is 4.98 Å². The highest BCUT2D eigenvalue weighted by atomic mass is 19.1. The molecule has 1 aliphatic heterocycles. The van der Waals surface area contributed by atoms with Crippen LogP contribution in [0.25, 0.3) is 0 Å². The summed E-state index contributed by atoms with van der Waals surface area (Å²) >= 11 is 0. The standard InChI is InChI=1S/C13H18FN3O/c14-12-9-16-6-5-11(12)13(18)17-7-3-1-2-4-10(17)8-15/h5-6,9-10H,1-4,7-8,15H2. The first-order valence-electron chi connectivity index (χ1n) is 6.34. The molecule has 0 saturated carbocycles. The van der Waals surface area contributed by atoms with Gasteiger partial charge in [-0.05, 0) is 18.9 Å². The minimum absolute atomic E-state index is 0.0209. The molecular weight excluding hydrogens is 233 g/mol. The van der Waals surface area contributed by atoms with Crippen LogP contribution in [0.1, 0.15) is 36.0 Å². The second kappa shape index (κ2) is 5.91. The molecule has 0 radical (unpaired) electrons. The van der Waals surface area contributed by atoms with Crippen LogP contribution in [0.2, 0.25) is 0 Å². The summed E-state index contributed by atoms with van der Waals surface area (Å²) in [7, 11) is 0. The Morgan fingerprint density at radius 2 is 2.33 bits per heavy atom. The number of amides is 1. The van der Waals surface area contributed by atoms with E-state index in [4.69, 9.17) is 5.73 Å². The van der Waals surface area contributed by atoms with E-state index in [-0.39, 0.29) is 17.5 Å². The Kier molecular flexibility index (Phi) is 4.25. The number of rotatable bonds is 2. The van der Waals surface area contributed by atoms with Crippen LogP contribution in [-0.2, 0) is 0 Å². The topological polar surface area (TPSA) is 59.2 Å². The fraction of sp³-hybridized carbons (Fsp3) is 0.538. The predicted octanol–water partition coefficient (Wildman–Crippen LogP) is 1.56. The Balaban J connectivity index is 2.23. The van der Waals surface area contributed by atoms with Gasteiger partial charge in [0.25, 0.3) is 5.91 Å². The zero-order valence-electron chi connectivity index (χ0n) is 10.3. The second-order valence-electron chi connectivity index (χ2n) is 4.59. The zero-order valence-corrected chi connectivity index (χ0v) is 10.3. The van der Waals surface area contributed by atoms with E-state index < -0.39 is 5.82 Å². The molecule has 2 heterocycles. The second-order valence-corrected chi connectivity index (χ2v) is 4.59. The number of halogens is 1. The van der Waals surface area contributed by atoms with Gasteiger partial charge < -0.3 is 10.6 Å². The van der Waals surface area contributed by atoms with Crippen LogP contribution in [0.3, 0.4) is 0 Å². The lowest BCUT2D eigenvalue weighted by Gasteiger charge is -2.29. The van der Waals surface area contributed by atoms with Crippen LogP contribution in [0.5, 0.6) is 0 Å². The van der Waals surface area contributed by atoms with Gasteiger partial charge in [0.2, 0.25) is 0 Å². The molecule has 0 aliphatic carbocycles. The van der Waals surface area contributed by atoms with Gasteiger partial charge in [0, 0.05) is 25.3 Å². The van der Waals surface area contributed by atoms with Gasteiger partial charge in [-0.15, -0.1) is 0 Å². The maximum Gasteiger partial charge on any atom is 0.257 e. The molecule has 1 fully saturated rings. The van der Waals surface area contributed by atoms with Crippen molar-refractivity contribution in [3.63, 3.8) is 0 Å². The lowest BCUT2D eigenvalue weighted by molar-refractivity contribution is 0.0684. The predicted molar refractivity (Wildman–Crippen MR) is 66.5 cm³/mol. The molecule has 2 rings (SSSR count). The molecule has 2 N–H and O–H groups in total. The largest absolute Gasteiger partial charge is 0.334 e. The first-order chi connectivity index (χ1) is 8.74. The summed E-state index contributed by atoms with van der Waals surface area (Å²) in [5.74, 6) is -0.838. The molecule has 0 aromatic carbocycles. The molecule has 1 atom stereocenters. The molecule has 1 aromatic heterocycles. The van der Waals surface area contributed by atoms with Crippen molar-refractivity contribution in [2.45, 2.75) is 31.7 Å². The Hall–Kier alpha value is -1.49. The average Bonchev–Trinajstić information content (AvgIpc) is 2.63. The van der Waals surface area contributed by atoms with Gasteiger partial charge in [-0.3, -0.25) is 9.78 Å². The fourth-order valence-electron chi connectivity index (χ4n) is 2.39. The zero-order chi connectivity index (χ0) is 13.0. The monoisotopic (exact) mass is 251 g/mol. The molecule has 18 heavy (non-hydrogen) atoms. The summed E-state index contributed by atoms with van der Waals surface area (Å²) in [6, 6.07) is 1.45. The van der Waals surface area contributed by atoms with E-state index in [1.807, 2.05) is 0 Å². The number of carbonyl (C=O) groups excluding carboxylic acids is 1. The van der Waals surface area contributed by atoms with Crippen molar-refractivity contribution in [3.8, 4) is 0 Å². The molecule has 98 valence electrons. The summed E-state index contributed by atoms with van der Waals surface area (Å²) in [6.45, 7) is 1.08. The van der Waals surface area contributed by atoms with Crippen molar-refractivity contribution in [2.24, 2.45) is 5.73 Å². The Morgan fingerprint density at radius 1 is 1.50 bits per heavy atom. The van der Waals surface area contributed by atoms with Crippen LogP contribution in [-0.4, -0.2) is 34.9 Å². The third kappa shape index (κ3) is 2.67. The van der Waals surface area contributed by atoms with Crippen molar-refractivity contribution in [2.75, 3.05) is 13.1 Å². The van der Waals surface area contributed by atoms with Crippen molar-refractivity contribution in [1.29, 1.82) is 0 Å². The molecule has 4 nitrogen and oxygen atoms in total. The first kappa shape index (κ1) is 13.0. The van der Waals surface area contributed by atoms with Gasteiger partial charge >= 0.3 is 0 Å². The minimum atomic E-state index is -0.567. The summed E-state index contributed by atoms with van der Waals surface area (Å²) in [6.07, 6.45) is 6.53. The van der Waals surface area contributed by atoms with E-state index >= 15 is 0 Å². The number of hydrogen-bond acceptors (Lipinski definition) is 3. The normalized spacial score (nSPS) is 20.6. The van der Waals surface area contributed by atoms with Gasteiger partial charge in [0.15, 0.2) is 5.82 Å². The SMILES string of the molecule is NCC1CCCCCN1C(=O)c1ccncc1F. The summed E-state index contributed by atoms with van der Waals surface area (Å²) in [5, 5.41) is 0. The number of likely N-dealkylation sites (tertiary alicyclic amines) is 1. The highest BCUT2D eigenvalue weighted by Crippen LogP contribution is 2.19. The summed E-state index contributed by atoms with van der Waals surface area (Å²) < 4.78 is 13.6. The van der Waals surface area contributed by atoms with Crippen molar-refractivity contribution in [3.05, 3.63) is 29.8 Å². The van der Waals surface area contributed by atoms with Gasteiger partial charge in [0.1, 0.15) is 0 Å². The smallest absolute Gasteiger partial charge is 0.257 e. The average molecular weight is 251 g/mol. The van der Waals surface area contributed by atoms with Gasteiger partial charge in [-0.1, -0.05) is 12.8 Å². The number of aromatic nitrogens is 1. The van der Waals surface area contributed by atoms with Gasteiger partial charge in [-0.2, -0.15) is 0 Å². The van der Waals surface area contributed by atoms with Crippen molar-refractivity contribution >= 4 is 5.91 Å². The molecular formula is C13H18FN3O. The van der Waals surface area contributed by atoms with E-state index in [0.29, 0.717) is 13.1 Å². The van der Waals surface area contributed by atoms with Crippen LogP contribution in [0.15, 0.2) is 18.5 Å². The molecule has 0 spiro atoms. The van der Waals surface area contributed by atoms with Gasteiger partial charge in [-0.25, -0.2) is 4.39 Å². The number of hydrogen-bond donors (Lipinski definition) is 1. The number of nitrogens with zero attached hydrogens (tertiary/aromatic N) is 2. The summed E-state index contributed by atoms with van der Waals surface area (Å²) in [4.78, 5) is 17.7. The van der Waals surface area contributed by atoms with E-state index in [9.17, 15) is 9.18 Å². The molecule has 0 bridgehead atoms. The van der Waals surface area contributed by atoms with Crippen LogP contribution >= 0.6 is 0 Å². The molecule has 1 amide bonds. The number of pyridine rings is 1. The Bertz CT molecular complexity index is 424. The quantitative estimate of drug-likeness (QED) is 0.867. The lowest BCUT2D eigenvalue weighted by Crippen LogP contribution is -2.44. The van der Waals surface area contributed by atoms with Crippen molar-refractivity contribution < 1.29 is 9.18 Å². The first-order valence-corrected chi connectivity index (χ1v) is 6.34. The van der Waals surface area contributed by atoms with E-state index in [1.54, 1.807) is 4.90 Å². The molecule has 1 unspecified atom stereocenters. The lowest BCUT2D eigenvalue weighted by atomic mass is 10.1. The molecule has 1 aromatic rings. The number of nitrogens with two attached hydrogens (primary N) is 1. The Morgan fingerprint density at radius 3 is 3.06 bits per heavy atom. The van der Waals surface area contributed by atoms with Crippen LogP contribution in [0.4, 0.5) is 4.39 Å². The highest BCUT2D eigenvalue weighted by molar-refractivity contribution is 5.94. The molecule has 1 saturated heterocycles. The minimum Gasteiger partial charge on any atom is -0.334 e. The fourth-order valence-corrected chi connectivity index (χ4v) is 2.39. The molecule has 1 aliphatic rings. The third-order valence-corrected chi connectivity index (χ3v) is 3.41. The number of carbonyl (C=O) groups is 1. The van der Waals surface area contributed by atoms with Gasteiger partial charge in [0.05, 0.1) is 11.8 Å². The Labute approximate surface area is 106 Å². The highest BCUT2D eigenvalue weighted by Gasteiger charge is 2.26. The maximum atomic E-state index is 13.6. The van der Waals surface area contributed by atoms with E-state index in [1.165, 1.54) is 12.3 Å². The third-order valence-electron chi connectivity index (χ3n) is 3.41. The summed E-state index contributed by atoms with van der Waals surface area (Å²) in [5.41, 5.74) is 5.81. The van der Waals surface area contributed by atoms with Crippen molar-refractivity contribution in [1.82, 2.24) is 9.88 Å². The van der Waals surface area contributed by atoms with E-state index in [0.717, 1.165) is 31.9 Å². The molecule has 5 heteroatoms.